The molecule has 0 bridgehead atoms. The molecule has 0 saturated carbocycles. The molecule has 0 aliphatic carbocycles. The average molecular weight is 495 g/mol. The largest absolute Gasteiger partial charge is 0.415 e. The van der Waals surface area contributed by atoms with Crippen LogP contribution < -0.4 is 5.32 Å². The van der Waals surface area contributed by atoms with Gasteiger partial charge in [0.05, 0.1) is 6.54 Å². The van der Waals surface area contributed by atoms with Crippen molar-refractivity contribution in [3.05, 3.63) is 65.5 Å². The number of aromatic nitrogens is 6. The van der Waals surface area contributed by atoms with Gasteiger partial charge in [0.1, 0.15) is 0 Å². The van der Waals surface area contributed by atoms with Crippen molar-refractivity contribution in [2.75, 3.05) is 20.1 Å². The first-order chi connectivity index (χ1) is 17.4. The van der Waals surface area contributed by atoms with Gasteiger partial charge < -0.3 is 14.6 Å². The summed E-state index contributed by atoms with van der Waals surface area (Å²) in [5.74, 6) is -0.317. The molecule has 1 saturated heterocycles. The van der Waals surface area contributed by atoms with Crippen molar-refractivity contribution in [2.45, 2.75) is 31.9 Å². The summed E-state index contributed by atoms with van der Waals surface area (Å²) in [6, 6.07) is 14.3. The van der Waals surface area contributed by atoms with Crippen LogP contribution in [0.2, 0.25) is 0 Å². The smallest absolute Gasteiger partial charge is 0.314 e. The predicted octanol–water partition coefficient (Wildman–Crippen LogP) is 3.20. The minimum Gasteiger partial charge on any atom is -0.415 e. The third kappa shape index (κ3) is 5.43. The fraction of sp³-hybridized carbons (Fsp3) is 0.333. The van der Waals surface area contributed by atoms with E-state index in [1.165, 1.54) is 4.80 Å². The Labute approximate surface area is 205 Å². The first-order valence-electron chi connectivity index (χ1n) is 11.5. The van der Waals surface area contributed by atoms with E-state index in [0.29, 0.717) is 23.5 Å². The maximum atomic E-state index is 12.6. The fourth-order valence-electron chi connectivity index (χ4n) is 3.97. The van der Waals surface area contributed by atoms with E-state index in [4.69, 9.17) is 4.42 Å². The summed E-state index contributed by atoms with van der Waals surface area (Å²) < 4.78 is 30.3. The first-order valence-corrected chi connectivity index (χ1v) is 11.5. The van der Waals surface area contributed by atoms with Crippen LogP contribution in [0, 0.1) is 0 Å². The van der Waals surface area contributed by atoms with E-state index in [1.807, 2.05) is 0 Å². The van der Waals surface area contributed by atoms with Crippen LogP contribution in [0.4, 0.5) is 8.78 Å². The highest BCUT2D eigenvalue weighted by atomic mass is 19.3. The van der Waals surface area contributed by atoms with Crippen LogP contribution in [-0.2, 0) is 6.54 Å². The summed E-state index contributed by atoms with van der Waals surface area (Å²) >= 11 is 0. The number of benzene rings is 2. The standard InChI is InChI=1S/C24H24F2N8O2/c1-33-12-10-19(11-13-33)27-22(35)17-8-6-16(7-9-17)21-28-32-34(31-21)14-15-2-4-18(5-3-15)23-29-30-24(36-23)20(25)26/h2-9,19-20H,10-14H2,1H3,(H,27,35). The number of likely N-dealkylation sites (tertiary alicyclic amines) is 1. The number of amides is 1. The Hall–Kier alpha value is -4.06. The third-order valence-electron chi connectivity index (χ3n) is 6.06. The summed E-state index contributed by atoms with van der Waals surface area (Å²) in [6.45, 7) is 2.32. The number of halogens is 2. The van der Waals surface area contributed by atoms with Gasteiger partial charge in [0.25, 0.3) is 11.8 Å². The molecule has 36 heavy (non-hydrogen) atoms. The molecule has 2 aromatic carbocycles. The lowest BCUT2D eigenvalue weighted by molar-refractivity contribution is 0.0917. The van der Waals surface area contributed by atoms with E-state index in [1.54, 1.807) is 48.5 Å². The summed E-state index contributed by atoms with van der Waals surface area (Å²) in [7, 11) is 2.09. The Kier molecular flexibility index (Phi) is 6.76. The molecular weight excluding hydrogens is 470 g/mol. The van der Waals surface area contributed by atoms with Crippen molar-refractivity contribution >= 4 is 5.91 Å². The van der Waals surface area contributed by atoms with Crippen LogP contribution in [0.3, 0.4) is 0 Å². The van der Waals surface area contributed by atoms with Gasteiger partial charge in [0.15, 0.2) is 0 Å². The number of alkyl halides is 2. The number of rotatable bonds is 7. The minimum atomic E-state index is -2.81. The molecule has 186 valence electrons. The predicted molar refractivity (Wildman–Crippen MR) is 125 cm³/mol. The number of carbonyl (C=O) groups is 1. The zero-order valence-corrected chi connectivity index (χ0v) is 19.5. The molecular formula is C24H24F2N8O2. The van der Waals surface area contributed by atoms with Gasteiger partial charge in [0.2, 0.25) is 11.7 Å². The molecule has 0 radical (unpaired) electrons. The highest BCUT2D eigenvalue weighted by Crippen LogP contribution is 2.23. The molecule has 2 aromatic heterocycles. The van der Waals surface area contributed by atoms with E-state index < -0.39 is 12.3 Å². The zero-order valence-electron chi connectivity index (χ0n) is 19.5. The number of tetrazole rings is 1. The number of carbonyl (C=O) groups excluding carboxylic acids is 1. The van der Waals surface area contributed by atoms with Crippen LogP contribution in [0.5, 0.6) is 0 Å². The molecule has 1 aliphatic heterocycles. The molecule has 1 N–H and O–H groups in total. The van der Waals surface area contributed by atoms with Gasteiger partial charge in [-0.05, 0) is 68.0 Å². The second kappa shape index (κ2) is 10.3. The van der Waals surface area contributed by atoms with E-state index in [2.05, 4.69) is 42.9 Å². The van der Waals surface area contributed by atoms with E-state index in [0.717, 1.165) is 37.1 Å². The van der Waals surface area contributed by atoms with E-state index >= 15 is 0 Å². The SMILES string of the molecule is CN1CCC(NC(=O)c2ccc(-c3nnn(Cc4ccc(-c5nnc(C(F)F)o5)cc4)n3)cc2)CC1. The average Bonchev–Trinajstić information content (AvgIpc) is 3.57. The molecule has 0 spiro atoms. The highest BCUT2D eigenvalue weighted by molar-refractivity contribution is 5.94. The molecule has 12 heteroatoms. The Morgan fingerprint density at radius 2 is 1.72 bits per heavy atom. The normalized spacial score (nSPS) is 14.9. The Morgan fingerprint density at radius 1 is 1.03 bits per heavy atom. The van der Waals surface area contributed by atoms with Gasteiger partial charge in [-0.2, -0.15) is 13.6 Å². The molecule has 4 aromatic rings. The molecule has 0 atom stereocenters. The highest BCUT2D eigenvalue weighted by Gasteiger charge is 2.19. The van der Waals surface area contributed by atoms with E-state index in [9.17, 15) is 13.6 Å². The Bertz CT molecular complexity index is 1310. The molecule has 1 amide bonds. The van der Waals surface area contributed by atoms with Gasteiger partial charge in [-0.25, -0.2) is 0 Å². The van der Waals surface area contributed by atoms with E-state index in [-0.39, 0.29) is 17.8 Å². The molecule has 10 nitrogen and oxygen atoms in total. The topological polar surface area (TPSA) is 115 Å². The van der Waals surface area contributed by atoms with Gasteiger partial charge >= 0.3 is 6.43 Å². The Morgan fingerprint density at radius 3 is 2.39 bits per heavy atom. The minimum absolute atomic E-state index is 0.0292. The molecule has 5 rings (SSSR count). The van der Waals surface area contributed by atoms with Crippen LogP contribution in [-0.4, -0.2) is 67.4 Å². The van der Waals surface area contributed by atoms with Gasteiger partial charge in [-0.15, -0.1) is 20.4 Å². The lowest BCUT2D eigenvalue weighted by Gasteiger charge is -2.29. The summed E-state index contributed by atoms with van der Waals surface area (Å²) in [5.41, 5.74) is 2.74. The first kappa shape index (κ1) is 23.7. The third-order valence-corrected chi connectivity index (χ3v) is 6.06. The molecule has 3 heterocycles. The summed E-state index contributed by atoms with van der Waals surface area (Å²) in [6.07, 6.45) is -0.908. The second-order valence-corrected chi connectivity index (χ2v) is 8.71. The fourth-order valence-corrected chi connectivity index (χ4v) is 3.97. The van der Waals surface area contributed by atoms with Crippen molar-refractivity contribution in [3.63, 3.8) is 0 Å². The molecule has 1 aliphatic rings. The lowest BCUT2D eigenvalue weighted by atomic mass is 10.0. The summed E-state index contributed by atoms with van der Waals surface area (Å²) in [5, 5.41) is 22.7. The van der Waals surface area contributed by atoms with Crippen LogP contribution in [0.1, 0.15) is 41.1 Å². The van der Waals surface area contributed by atoms with Crippen molar-refractivity contribution < 1.29 is 18.0 Å². The van der Waals surface area contributed by atoms with Crippen molar-refractivity contribution in [1.29, 1.82) is 0 Å². The number of nitrogens with one attached hydrogen (secondary N) is 1. The molecule has 0 unspecified atom stereocenters. The van der Waals surface area contributed by atoms with Crippen molar-refractivity contribution in [1.82, 2.24) is 40.6 Å². The van der Waals surface area contributed by atoms with Crippen molar-refractivity contribution in [2.24, 2.45) is 0 Å². The number of hydrogen-bond acceptors (Lipinski definition) is 8. The maximum absolute atomic E-state index is 12.6. The second-order valence-electron chi connectivity index (χ2n) is 8.71. The van der Waals surface area contributed by atoms with Gasteiger partial charge in [-0.1, -0.05) is 24.3 Å². The quantitative estimate of drug-likeness (QED) is 0.417. The van der Waals surface area contributed by atoms with Gasteiger partial charge in [0, 0.05) is 22.7 Å². The van der Waals surface area contributed by atoms with Crippen LogP contribution in [0.15, 0.2) is 52.9 Å². The van der Waals surface area contributed by atoms with Crippen LogP contribution in [0.25, 0.3) is 22.8 Å². The number of piperidine rings is 1. The number of hydrogen-bond donors (Lipinski definition) is 1. The molecule has 1 fully saturated rings. The summed E-state index contributed by atoms with van der Waals surface area (Å²) in [4.78, 5) is 16.3. The lowest BCUT2D eigenvalue weighted by Crippen LogP contribution is -2.43. The monoisotopic (exact) mass is 494 g/mol. The van der Waals surface area contributed by atoms with Crippen LogP contribution >= 0.6 is 0 Å². The Balaban J connectivity index is 1.19. The number of nitrogens with zero attached hydrogens (tertiary/aromatic N) is 7. The zero-order chi connectivity index (χ0) is 25.1. The van der Waals surface area contributed by atoms with Crippen molar-refractivity contribution in [3.8, 4) is 22.8 Å². The maximum Gasteiger partial charge on any atom is 0.314 e. The van der Waals surface area contributed by atoms with Gasteiger partial charge in [-0.3, -0.25) is 4.79 Å².